The lowest BCUT2D eigenvalue weighted by Crippen LogP contribution is -2.32. The van der Waals surface area contributed by atoms with Gasteiger partial charge in [0.15, 0.2) is 0 Å². The van der Waals surface area contributed by atoms with Crippen LogP contribution >= 0.6 is 11.6 Å². The Balaban J connectivity index is 3.31. The Hall–Kier alpha value is -0.610. The van der Waals surface area contributed by atoms with Crippen LogP contribution in [0.25, 0.3) is 0 Å². The molecule has 0 fully saturated rings. The smallest absolute Gasteiger partial charge is 0.316 e. The van der Waals surface area contributed by atoms with Crippen LogP contribution < -0.4 is 5.32 Å². The predicted molar refractivity (Wildman–Crippen MR) is 47.4 cm³/mol. The molecular weight excluding hydrogens is 180 g/mol. The molecule has 1 amide bonds. The van der Waals surface area contributed by atoms with E-state index in [1.807, 2.05) is 0 Å². The van der Waals surface area contributed by atoms with Crippen LogP contribution in [0.4, 0.5) is 4.79 Å². The molecule has 0 heterocycles. The molecule has 0 atom stereocenters. The highest BCUT2D eigenvalue weighted by molar-refractivity contribution is 6.62. The summed E-state index contributed by atoms with van der Waals surface area (Å²) in [5.74, 6) is 0.0786. The third-order valence-corrected chi connectivity index (χ3v) is 1.59. The van der Waals surface area contributed by atoms with Crippen molar-refractivity contribution in [2.24, 2.45) is 0 Å². The van der Waals surface area contributed by atoms with Gasteiger partial charge in [-0.1, -0.05) is 0 Å². The van der Waals surface area contributed by atoms with Crippen LogP contribution in [0, 0.1) is 0 Å². The van der Waals surface area contributed by atoms with Crippen molar-refractivity contribution in [2.45, 2.75) is 6.92 Å². The molecule has 0 aromatic rings. The first-order valence-corrected chi connectivity index (χ1v) is 4.02. The molecule has 70 valence electrons. The Morgan fingerprint density at radius 1 is 1.50 bits per heavy atom. The number of carbonyl (C=O) groups excluding carboxylic acids is 2. The summed E-state index contributed by atoms with van der Waals surface area (Å²) in [6.07, 6.45) is 0. The molecule has 1 N–H and O–H groups in total. The molecule has 0 aromatic heterocycles. The summed E-state index contributed by atoms with van der Waals surface area (Å²) in [6.45, 7) is 2.93. The molecule has 0 radical (unpaired) electrons. The minimum absolute atomic E-state index is 0.0786. The first-order valence-electron chi connectivity index (χ1n) is 3.64. The van der Waals surface area contributed by atoms with Crippen LogP contribution in [0.5, 0.6) is 0 Å². The van der Waals surface area contributed by atoms with Gasteiger partial charge in [-0.15, -0.1) is 0 Å². The van der Waals surface area contributed by atoms with Crippen molar-refractivity contribution in [3.63, 3.8) is 0 Å². The van der Waals surface area contributed by atoms with Crippen molar-refractivity contribution in [1.29, 1.82) is 0 Å². The third kappa shape index (κ3) is 6.12. The van der Waals surface area contributed by atoms with E-state index in [2.05, 4.69) is 5.32 Å². The van der Waals surface area contributed by atoms with Gasteiger partial charge in [0.2, 0.25) is 0 Å². The summed E-state index contributed by atoms with van der Waals surface area (Å²) in [7, 11) is 1.60. The molecule has 0 rings (SSSR count). The first kappa shape index (κ1) is 11.4. The summed E-state index contributed by atoms with van der Waals surface area (Å²) in [5, 5.41) is 2.38. The number of amides is 1. The minimum atomic E-state index is -0.486. The second-order valence-corrected chi connectivity index (χ2v) is 2.88. The second kappa shape index (κ2) is 5.97. The Morgan fingerprint density at radius 2 is 2.08 bits per heavy atom. The summed E-state index contributed by atoms with van der Waals surface area (Å²) < 4.78 is 0. The molecule has 0 saturated carbocycles. The fraction of sp³-hybridized carbons (Fsp3) is 0.714. The number of carbonyl (C=O) groups is 2. The van der Waals surface area contributed by atoms with Gasteiger partial charge in [-0.05, 0) is 18.5 Å². The quantitative estimate of drug-likeness (QED) is 0.391. The number of rotatable bonds is 5. The van der Waals surface area contributed by atoms with Gasteiger partial charge in [0.05, 0.1) is 6.54 Å². The summed E-state index contributed by atoms with van der Waals surface area (Å²) in [5.41, 5.74) is 0. The van der Waals surface area contributed by atoms with Gasteiger partial charge in [0.25, 0.3) is 0 Å². The van der Waals surface area contributed by atoms with E-state index in [4.69, 9.17) is 11.6 Å². The standard InChI is InChI=1S/C7H13ClN2O2/c1-6(11)5-9-3-4-10(2)7(8)12/h9H,3-5H2,1-2H3. The first-order chi connectivity index (χ1) is 5.54. The maximum absolute atomic E-state index is 10.5. The van der Waals surface area contributed by atoms with Crippen LogP contribution in [0.1, 0.15) is 6.92 Å². The number of likely N-dealkylation sites (N-methyl/N-ethyl adjacent to an activating group) is 1. The Morgan fingerprint density at radius 3 is 2.50 bits per heavy atom. The average Bonchev–Trinajstić information content (AvgIpc) is 1.97. The van der Waals surface area contributed by atoms with Crippen molar-refractivity contribution in [2.75, 3.05) is 26.7 Å². The van der Waals surface area contributed by atoms with E-state index >= 15 is 0 Å². The van der Waals surface area contributed by atoms with Gasteiger partial charge < -0.3 is 10.2 Å². The minimum Gasteiger partial charge on any atom is -0.331 e. The maximum Gasteiger partial charge on any atom is 0.316 e. The zero-order valence-electron chi connectivity index (χ0n) is 7.26. The topological polar surface area (TPSA) is 49.4 Å². The second-order valence-electron chi connectivity index (χ2n) is 2.55. The van der Waals surface area contributed by atoms with Crippen LogP contribution in [0.15, 0.2) is 0 Å². The average molecular weight is 193 g/mol. The molecular formula is C7H13ClN2O2. The number of hydrogen-bond donors (Lipinski definition) is 1. The number of ketones is 1. The van der Waals surface area contributed by atoms with Crippen molar-refractivity contribution < 1.29 is 9.59 Å². The molecule has 12 heavy (non-hydrogen) atoms. The molecule has 0 spiro atoms. The number of nitrogens with zero attached hydrogens (tertiary/aromatic N) is 1. The molecule has 0 aliphatic heterocycles. The van der Waals surface area contributed by atoms with Gasteiger partial charge >= 0.3 is 5.37 Å². The monoisotopic (exact) mass is 192 g/mol. The molecule has 0 saturated heterocycles. The summed E-state index contributed by atoms with van der Waals surface area (Å²) in [6, 6.07) is 0. The molecule has 0 aliphatic rings. The maximum atomic E-state index is 10.5. The molecule has 4 nitrogen and oxygen atoms in total. The normalized spacial score (nSPS) is 9.58. The van der Waals surface area contributed by atoms with Crippen LogP contribution in [0.2, 0.25) is 0 Å². The number of Topliss-reactive ketones (excluding diaryl/α,β-unsaturated/α-hetero) is 1. The van der Waals surface area contributed by atoms with E-state index in [0.29, 0.717) is 19.6 Å². The molecule has 5 heteroatoms. The third-order valence-electron chi connectivity index (χ3n) is 1.30. The van der Waals surface area contributed by atoms with Crippen molar-refractivity contribution in [1.82, 2.24) is 10.2 Å². The Labute approximate surface area is 76.9 Å². The Kier molecular flexibility index (Phi) is 5.66. The van der Waals surface area contributed by atoms with Crippen LogP contribution in [0.3, 0.4) is 0 Å². The zero-order chi connectivity index (χ0) is 9.56. The van der Waals surface area contributed by atoms with Gasteiger partial charge in [0.1, 0.15) is 5.78 Å². The van der Waals surface area contributed by atoms with Gasteiger partial charge in [-0.2, -0.15) is 0 Å². The summed E-state index contributed by atoms with van der Waals surface area (Å²) >= 11 is 5.16. The predicted octanol–water partition coefficient (Wildman–Crippen LogP) is 0.456. The van der Waals surface area contributed by atoms with E-state index < -0.39 is 5.37 Å². The van der Waals surface area contributed by atoms with Crippen LogP contribution in [-0.4, -0.2) is 42.7 Å². The van der Waals surface area contributed by atoms with Crippen LogP contribution in [-0.2, 0) is 4.79 Å². The van der Waals surface area contributed by atoms with E-state index in [1.165, 1.54) is 11.8 Å². The highest BCUT2D eigenvalue weighted by Gasteiger charge is 2.02. The van der Waals surface area contributed by atoms with E-state index in [1.54, 1.807) is 7.05 Å². The molecule has 0 bridgehead atoms. The molecule has 0 unspecified atom stereocenters. The number of hydrogen-bond acceptors (Lipinski definition) is 3. The highest BCUT2D eigenvalue weighted by Crippen LogP contribution is 1.89. The highest BCUT2D eigenvalue weighted by atomic mass is 35.5. The Bertz CT molecular complexity index is 173. The van der Waals surface area contributed by atoms with E-state index in [-0.39, 0.29) is 5.78 Å². The molecule has 0 aliphatic carbocycles. The lowest BCUT2D eigenvalue weighted by atomic mass is 10.4. The lowest BCUT2D eigenvalue weighted by molar-refractivity contribution is -0.116. The van der Waals surface area contributed by atoms with Crippen molar-refractivity contribution in [3.8, 4) is 0 Å². The van der Waals surface area contributed by atoms with Crippen molar-refractivity contribution >= 4 is 22.8 Å². The SMILES string of the molecule is CC(=O)CNCCN(C)C(=O)Cl. The van der Waals surface area contributed by atoms with E-state index in [0.717, 1.165) is 0 Å². The summed E-state index contributed by atoms with van der Waals surface area (Å²) in [4.78, 5) is 22.3. The van der Waals surface area contributed by atoms with Gasteiger partial charge in [0, 0.05) is 20.1 Å². The molecule has 0 aromatic carbocycles. The van der Waals surface area contributed by atoms with Crippen molar-refractivity contribution in [3.05, 3.63) is 0 Å². The number of nitrogens with one attached hydrogen (secondary N) is 1. The number of halogens is 1. The largest absolute Gasteiger partial charge is 0.331 e. The fourth-order valence-corrected chi connectivity index (χ4v) is 0.684. The lowest BCUT2D eigenvalue weighted by Gasteiger charge is -2.12. The zero-order valence-corrected chi connectivity index (χ0v) is 8.02. The van der Waals surface area contributed by atoms with Gasteiger partial charge in [-0.3, -0.25) is 9.59 Å². The van der Waals surface area contributed by atoms with Gasteiger partial charge in [-0.25, -0.2) is 0 Å². The van der Waals surface area contributed by atoms with E-state index in [9.17, 15) is 9.59 Å². The fourth-order valence-electron chi connectivity index (χ4n) is 0.599.